The molecule has 0 saturated heterocycles. The second kappa shape index (κ2) is 5.19. The van der Waals surface area contributed by atoms with Crippen molar-refractivity contribution in [2.75, 3.05) is 5.32 Å². The third-order valence-electron chi connectivity index (χ3n) is 3.27. The molecule has 2 unspecified atom stereocenters. The Kier molecular flexibility index (Phi) is 4.16. The zero-order valence-corrected chi connectivity index (χ0v) is 11.0. The normalized spacial score (nSPS) is 14.6. The minimum absolute atomic E-state index is 0.430. The summed E-state index contributed by atoms with van der Waals surface area (Å²) in [6.07, 6.45) is 3.01. The smallest absolute Gasteiger partial charge is 0.0827 e. The van der Waals surface area contributed by atoms with E-state index in [0.29, 0.717) is 12.0 Å². The number of aryl methyl sites for hydroxylation is 2. The Morgan fingerprint density at radius 2 is 2.06 bits per heavy atom. The van der Waals surface area contributed by atoms with Crippen LogP contribution in [0.1, 0.15) is 31.7 Å². The van der Waals surface area contributed by atoms with Crippen LogP contribution in [0.2, 0.25) is 0 Å². The average Bonchev–Trinajstić information content (AvgIpc) is 2.45. The fraction of sp³-hybridized carbons (Fsp3) is 0.615. The van der Waals surface area contributed by atoms with Gasteiger partial charge in [-0.3, -0.25) is 4.68 Å². The lowest BCUT2D eigenvalue weighted by molar-refractivity contribution is 0.516. The van der Waals surface area contributed by atoms with Gasteiger partial charge in [-0.25, -0.2) is 0 Å². The van der Waals surface area contributed by atoms with Gasteiger partial charge in [-0.2, -0.15) is 5.10 Å². The van der Waals surface area contributed by atoms with E-state index in [1.165, 1.54) is 11.4 Å². The monoisotopic (exact) mass is 221 g/mol. The highest BCUT2D eigenvalue weighted by atomic mass is 15.3. The molecule has 1 aromatic heterocycles. The molecule has 2 atom stereocenters. The van der Waals surface area contributed by atoms with Crippen molar-refractivity contribution in [1.29, 1.82) is 0 Å². The summed E-state index contributed by atoms with van der Waals surface area (Å²) in [5, 5.41) is 7.96. The quantitative estimate of drug-likeness (QED) is 0.774. The molecule has 3 nitrogen and oxygen atoms in total. The van der Waals surface area contributed by atoms with Crippen LogP contribution in [-0.4, -0.2) is 15.8 Å². The molecule has 0 aliphatic heterocycles. The molecule has 0 amide bonds. The van der Waals surface area contributed by atoms with Gasteiger partial charge < -0.3 is 5.32 Å². The van der Waals surface area contributed by atoms with Gasteiger partial charge in [0.1, 0.15) is 0 Å². The predicted molar refractivity (Wildman–Crippen MR) is 69.7 cm³/mol. The molecule has 0 fully saturated rings. The summed E-state index contributed by atoms with van der Waals surface area (Å²) in [6.45, 7) is 12.4. The summed E-state index contributed by atoms with van der Waals surface area (Å²) in [5.41, 5.74) is 3.43. The van der Waals surface area contributed by atoms with E-state index >= 15 is 0 Å². The Morgan fingerprint density at radius 1 is 1.44 bits per heavy atom. The van der Waals surface area contributed by atoms with Crippen LogP contribution in [0, 0.1) is 19.8 Å². The fourth-order valence-electron chi connectivity index (χ4n) is 1.82. The van der Waals surface area contributed by atoms with Crippen LogP contribution in [0.25, 0.3) is 0 Å². The first kappa shape index (κ1) is 12.8. The summed E-state index contributed by atoms with van der Waals surface area (Å²) < 4.78 is 1.92. The number of nitrogens with one attached hydrogen (secondary N) is 1. The molecular formula is C13H23N3. The van der Waals surface area contributed by atoms with Crippen molar-refractivity contribution >= 4 is 5.69 Å². The van der Waals surface area contributed by atoms with Crippen LogP contribution in [0.15, 0.2) is 12.7 Å². The van der Waals surface area contributed by atoms with Crippen molar-refractivity contribution in [3.05, 3.63) is 24.0 Å². The zero-order valence-electron chi connectivity index (χ0n) is 11.0. The topological polar surface area (TPSA) is 29.9 Å². The second-order valence-corrected chi connectivity index (χ2v) is 4.60. The molecule has 1 N–H and O–H groups in total. The number of hydrogen-bond acceptors (Lipinski definition) is 2. The number of allylic oxidation sites excluding steroid dienone is 1. The number of anilines is 1. The van der Waals surface area contributed by atoms with Gasteiger partial charge in [0, 0.05) is 13.1 Å². The highest BCUT2D eigenvalue weighted by molar-refractivity contribution is 5.52. The number of rotatable bonds is 5. The maximum absolute atomic E-state index is 4.40. The van der Waals surface area contributed by atoms with Crippen molar-refractivity contribution in [1.82, 2.24) is 9.78 Å². The van der Waals surface area contributed by atoms with E-state index in [1.807, 2.05) is 24.7 Å². The Morgan fingerprint density at radius 3 is 2.50 bits per heavy atom. The summed E-state index contributed by atoms with van der Waals surface area (Å²) in [7, 11) is 1.98. The van der Waals surface area contributed by atoms with Crippen LogP contribution in [0.5, 0.6) is 0 Å². The molecule has 0 aliphatic carbocycles. The molecule has 1 aromatic rings. The minimum Gasteiger partial charge on any atom is -0.379 e. The summed E-state index contributed by atoms with van der Waals surface area (Å²) >= 11 is 0. The average molecular weight is 221 g/mol. The zero-order chi connectivity index (χ0) is 12.3. The lowest BCUT2D eigenvalue weighted by atomic mass is 9.99. The maximum atomic E-state index is 4.40. The fourth-order valence-corrected chi connectivity index (χ4v) is 1.82. The molecule has 1 rings (SSSR count). The van der Waals surface area contributed by atoms with Crippen LogP contribution >= 0.6 is 0 Å². The van der Waals surface area contributed by atoms with E-state index < -0.39 is 0 Å². The van der Waals surface area contributed by atoms with E-state index in [-0.39, 0.29) is 0 Å². The van der Waals surface area contributed by atoms with E-state index in [0.717, 1.165) is 12.1 Å². The van der Waals surface area contributed by atoms with Crippen molar-refractivity contribution in [2.45, 2.75) is 40.2 Å². The van der Waals surface area contributed by atoms with E-state index in [1.54, 1.807) is 0 Å². The van der Waals surface area contributed by atoms with Gasteiger partial charge in [0.25, 0.3) is 0 Å². The lowest BCUT2D eigenvalue weighted by Gasteiger charge is -2.21. The van der Waals surface area contributed by atoms with Crippen LogP contribution in [0.4, 0.5) is 5.69 Å². The second-order valence-electron chi connectivity index (χ2n) is 4.60. The molecule has 0 aliphatic rings. The minimum atomic E-state index is 0.430. The van der Waals surface area contributed by atoms with Crippen LogP contribution in [-0.2, 0) is 7.05 Å². The summed E-state index contributed by atoms with van der Waals surface area (Å²) in [4.78, 5) is 0. The third-order valence-corrected chi connectivity index (χ3v) is 3.27. The van der Waals surface area contributed by atoms with Gasteiger partial charge in [-0.15, -0.1) is 6.58 Å². The van der Waals surface area contributed by atoms with E-state index in [9.17, 15) is 0 Å². The standard InChI is InChI=1S/C13H23N3/c1-7-8-9(2)10(3)14-13-11(4)15-16(6)12(13)5/h7,9-10,14H,1,8H2,2-6H3. The van der Waals surface area contributed by atoms with Gasteiger partial charge in [0.2, 0.25) is 0 Å². The van der Waals surface area contributed by atoms with Gasteiger partial charge in [0.05, 0.1) is 17.1 Å². The molecule has 90 valence electrons. The molecular weight excluding hydrogens is 198 g/mol. The largest absolute Gasteiger partial charge is 0.379 e. The Balaban J connectivity index is 2.76. The van der Waals surface area contributed by atoms with Crippen LogP contribution < -0.4 is 5.32 Å². The molecule has 0 radical (unpaired) electrons. The number of nitrogens with zero attached hydrogens (tertiary/aromatic N) is 2. The first-order chi connectivity index (χ1) is 7.47. The first-order valence-electron chi connectivity index (χ1n) is 5.85. The Labute approximate surface area is 98.5 Å². The number of aromatic nitrogens is 2. The molecule has 0 aromatic carbocycles. The predicted octanol–water partition coefficient (Wildman–Crippen LogP) is 3.05. The van der Waals surface area contributed by atoms with Crippen LogP contribution in [0.3, 0.4) is 0 Å². The van der Waals surface area contributed by atoms with Gasteiger partial charge in [-0.05, 0) is 33.1 Å². The van der Waals surface area contributed by atoms with Crippen molar-refractivity contribution < 1.29 is 0 Å². The van der Waals surface area contributed by atoms with Crippen molar-refractivity contribution in [3.63, 3.8) is 0 Å². The molecule has 0 bridgehead atoms. The van der Waals surface area contributed by atoms with E-state index in [4.69, 9.17) is 0 Å². The van der Waals surface area contributed by atoms with Gasteiger partial charge in [-0.1, -0.05) is 13.0 Å². The highest BCUT2D eigenvalue weighted by Crippen LogP contribution is 2.22. The third kappa shape index (κ3) is 2.65. The first-order valence-corrected chi connectivity index (χ1v) is 5.85. The Hall–Kier alpha value is -1.25. The van der Waals surface area contributed by atoms with Crippen molar-refractivity contribution in [2.24, 2.45) is 13.0 Å². The molecule has 0 saturated carbocycles. The SMILES string of the molecule is C=CCC(C)C(C)Nc1c(C)nn(C)c1C. The van der Waals surface area contributed by atoms with Crippen molar-refractivity contribution in [3.8, 4) is 0 Å². The van der Waals surface area contributed by atoms with Gasteiger partial charge in [0.15, 0.2) is 0 Å². The maximum Gasteiger partial charge on any atom is 0.0827 e. The van der Waals surface area contributed by atoms with E-state index in [2.05, 4.69) is 37.8 Å². The lowest BCUT2D eigenvalue weighted by Crippen LogP contribution is -2.24. The molecule has 1 heterocycles. The Bertz CT molecular complexity index is 365. The number of hydrogen-bond donors (Lipinski definition) is 1. The highest BCUT2D eigenvalue weighted by Gasteiger charge is 2.15. The summed E-state index contributed by atoms with van der Waals surface area (Å²) in [5.74, 6) is 0.580. The van der Waals surface area contributed by atoms with Gasteiger partial charge >= 0.3 is 0 Å². The summed E-state index contributed by atoms with van der Waals surface area (Å²) in [6, 6.07) is 0.430. The molecule has 16 heavy (non-hydrogen) atoms. The molecule has 0 spiro atoms. The molecule has 3 heteroatoms.